The van der Waals surface area contributed by atoms with Crippen LogP contribution in [-0.4, -0.2) is 20.5 Å². The summed E-state index contributed by atoms with van der Waals surface area (Å²) in [4.78, 5) is 10.3. The summed E-state index contributed by atoms with van der Waals surface area (Å²) in [6, 6.07) is 0. The number of allylic oxidation sites excluding steroid dienone is 1. The Bertz CT molecular complexity index is 455. The van der Waals surface area contributed by atoms with Crippen LogP contribution in [0.15, 0.2) is 17.2 Å². The molecule has 1 heterocycles. The molecule has 0 saturated heterocycles. The van der Waals surface area contributed by atoms with E-state index in [1.165, 1.54) is 4.68 Å². The van der Waals surface area contributed by atoms with Crippen LogP contribution in [0.4, 0.5) is 14.5 Å². The van der Waals surface area contributed by atoms with Gasteiger partial charge in [-0.3, -0.25) is 14.8 Å². The third-order valence-corrected chi connectivity index (χ3v) is 3.15. The van der Waals surface area contributed by atoms with E-state index in [1.807, 2.05) is 0 Å². The predicted molar refractivity (Wildman–Crippen MR) is 60.2 cm³/mol. The summed E-state index contributed by atoms with van der Waals surface area (Å²) in [5.74, 6) is 0.344. The van der Waals surface area contributed by atoms with Crippen LogP contribution in [-0.2, 0) is 7.05 Å². The lowest BCUT2D eigenvalue weighted by Gasteiger charge is -1.99. The Morgan fingerprint density at radius 1 is 1.65 bits per heavy atom. The third-order valence-electron chi connectivity index (χ3n) is 1.98. The Morgan fingerprint density at radius 3 is 2.82 bits per heavy atom. The van der Waals surface area contributed by atoms with E-state index >= 15 is 0 Å². The molecule has 5 nitrogen and oxygen atoms in total. The number of nitro groups is 1. The molecule has 17 heavy (non-hydrogen) atoms. The van der Waals surface area contributed by atoms with E-state index in [2.05, 4.69) is 5.10 Å². The van der Waals surface area contributed by atoms with E-state index in [0.717, 1.165) is 17.8 Å². The molecule has 0 aromatic carbocycles. The lowest BCUT2D eigenvalue weighted by Crippen LogP contribution is -1.95. The summed E-state index contributed by atoms with van der Waals surface area (Å²) in [5, 5.41) is 15.1. The zero-order valence-electron chi connectivity index (χ0n) is 9.31. The largest absolute Gasteiger partial charge is 0.323 e. The highest BCUT2D eigenvalue weighted by Gasteiger charge is 2.23. The van der Waals surface area contributed by atoms with Gasteiger partial charge in [-0.05, 0) is 19.4 Å². The first-order valence-electron chi connectivity index (χ1n) is 4.75. The minimum atomic E-state index is -1.73. The summed E-state index contributed by atoms with van der Waals surface area (Å²) in [6.45, 7) is 1.54. The van der Waals surface area contributed by atoms with Gasteiger partial charge in [0.05, 0.1) is 4.92 Å². The minimum Gasteiger partial charge on any atom is -0.258 e. The number of halogens is 2. The van der Waals surface area contributed by atoms with Crippen LogP contribution in [0, 0.1) is 17.0 Å². The highest BCUT2D eigenvalue weighted by molar-refractivity contribution is 7.99. The maximum atomic E-state index is 11.8. The molecule has 0 amide bonds. The fourth-order valence-corrected chi connectivity index (χ4v) is 2.34. The number of aryl methyl sites for hydroxylation is 2. The van der Waals surface area contributed by atoms with Crippen molar-refractivity contribution < 1.29 is 13.7 Å². The Balaban J connectivity index is 2.77. The van der Waals surface area contributed by atoms with Gasteiger partial charge in [0.1, 0.15) is 5.69 Å². The molecule has 0 bridgehead atoms. The third kappa shape index (κ3) is 3.52. The molecule has 8 heteroatoms. The minimum absolute atomic E-state index is 0.0535. The van der Waals surface area contributed by atoms with Gasteiger partial charge >= 0.3 is 5.69 Å². The highest BCUT2D eigenvalue weighted by Crippen LogP contribution is 2.31. The summed E-state index contributed by atoms with van der Waals surface area (Å²) in [5.41, 5.74) is 0.273. The fraction of sp³-hybridized carbons (Fsp3) is 0.444. The molecule has 94 valence electrons. The SMILES string of the molecule is Cc1nn(C)c(SCCC=C(F)F)c1[N+](=O)[O-]. The molecular weight excluding hydrogens is 252 g/mol. The monoisotopic (exact) mass is 263 g/mol. The van der Waals surface area contributed by atoms with Gasteiger partial charge in [0.25, 0.3) is 6.08 Å². The average molecular weight is 263 g/mol. The Labute approximate surface area is 101 Å². The molecule has 0 aliphatic carbocycles. The van der Waals surface area contributed by atoms with Crippen molar-refractivity contribution in [2.75, 3.05) is 5.75 Å². The smallest absolute Gasteiger partial charge is 0.258 e. The quantitative estimate of drug-likeness (QED) is 0.354. The van der Waals surface area contributed by atoms with Crippen LogP contribution in [0.1, 0.15) is 12.1 Å². The van der Waals surface area contributed by atoms with Crippen molar-refractivity contribution in [3.05, 3.63) is 28.0 Å². The summed E-state index contributed by atoms with van der Waals surface area (Å²) < 4.78 is 25.0. The Hall–Kier alpha value is -1.44. The van der Waals surface area contributed by atoms with Gasteiger partial charge < -0.3 is 0 Å². The number of hydrogen-bond acceptors (Lipinski definition) is 4. The molecule has 0 saturated carbocycles. The van der Waals surface area contributed by atoms with Crippen LogP contribution in [0.2, 0.25) is 0 Å². The number of thioether (sulfide) groups is 1. The molecule has 0 fully saturated rings. The van der Waals surface area contributed by atoms with Gasteiger partial charge in [0.15, 0.2) is 5.03 Å². The van der Waals surface area contributed by atoms with E-state index in [9.17, 15) is 18.9 Å². The zero-order valence-corrected chi connectivity index (χ0v) is 10.1. The first-order chi connectivity index (χ1) is 7.93. The van der Waals surface area contributed by atoms with Crippen LogP contribution >= 0.6 is 11.8 Å². The van der Waals surface area contributed by atoms with Gasteiger partial charge in [0.2, 0.25) is 0 Å². The molecule has 0 aliphatic rings. The molecule has 1 rings (SSSR count). The molecular formula is C9H11F2N3O2S. The van der Waals surface area contributed by atoms with Crippen LogP contribution in [0.25, 0.3) is 0 Å². The summed E-state index contributed by atoms with van der Waals surface area (Å²) >= 11 is 1.15. The lowest BCUT2D eigenvalue weighted by molar-refractivity contribution is -0.388. The van der Waals surface area contributed by atoms with Crippen molar-refractivity contribution in [2.24, 2.45) is 7.05 Å². The maximum absolute atomic E-state index is 11.8. The lowest BCUT2D eigenvalue weighted by atomic mass is 10.4. The first kappa shape index (κ1) is 13.6. The number of hydrogen-bond donors (Lipinski definition) is 0. The molecule has 0 unspecified atom stereocenters. The van der Waals surface area contributed by atoms with Crippen molar-refractivity contribution in [1.82, 2.24) is 9.78 Å². The van der Waals surface area contributed by atoms with Gasteiger partial charge in [0, 0.05) is 12.8 Å². The Kier molecular flexibility index (Phi) is 4.62. The first-order valence-corrected chi connectivity index (χ1v) is 5.74. The summed E-state index contributed by atoms with van der Waals surface area (Å²) in [6.07, 6.45) is -0.780. The standard InChI is InChI=1S/C9H11F2N3O2S/c1-6-8(14(15)16)9(13(2)12-6)17-5-3-4-7(10)11/h4H,3,5H2,1-2H3. The molecule has 0 spiro atoms. The van der Waals surface area contributed by atoms with Gasteiger partial charge in [-0.2, -0.15) is 13.9 Å². The van der Waals surface area contributed by atoms with Gasteiger partial charge in [-0.15, -0.1) is 0 Å². The van der Waals surface area contributed by atoms with Crippen molar-refractivity contribution >= 4 is 17.4 Å². The maximum Gasteiger partial charge on any atom is 0.323 e. The van der Waals surface area contributed by atoms with E-state index in [4.69, 9.17) is 0 Å². The summed E-state index contributed by atoms with van der Waals surface area (Å²) in [7, 11) is 1.59. The molecule has 0 atom stereocenters. The number of aromatic nitrogens is 2. The fourth-order valence-electron chi connectivity index (χ4n) is 1.32. The molecule has 0 N–H and O–H groups in total. The van der Waals surface area contributed by atoms with Crippen LogP contribution < -0.4 is 0 Å². The molecule has 0 aliphatic heterocycles. The van der Waals surface area contributed by atoms with E-state index in [-0.39, 0.29) is 12.1 Å². The second-order valence-electron chi connectivity index (χ2n) is 3.25. The zero-order chi connectivity index (χ0) is 13.0. The second kappa shape index (κ2) is 5.76. The second-order valence-corrected chi connectivity index (χ2v) is 4.33. The van der Waals surface area contributed by atoms with Crippen LogP contribution in [0.3, 0.4) is 0 Å². The van der Waals surface area contributed by atoms with E-state index in [1.54, 1.807) is 14.0 Å². The van der Waals surface area contributed by atoms with Gasteiger partial charge in [-0.1, -0.05) is 11.8 Å². The molecule has 1 aromatic heterocycles. The number of nitrogens with zero attached hydrogens (tertiary/aromatic N) is 3. The Morgan fingerprint density at radius 2 is 2.29 bits per heavy atom. The van der Waals surface area contributed by atoms with Gasteiger partial charge in [-0.25, -0.2) is 0 Å². The normalized spacial score (nSPS) is 10.4. The van der Waals surface area contributed by atoms with Crippen molar-refractivity contribution in [3.63, 3.8) is 0 Å². The number of rotatable bonds is 5. The van der Waals surface area contributed by atoms with Crippen molar-refractivity contribution in [2.45, 2.75) is 18.4 Å². The predicted octanol–water partition coefficient (Wildman–Crippen LogP) is 2.90. The highest BCUT2D eigenvalue weighted by atomic mass is 32.2. The average Bonchev–Trinajstić information content (AvgIpc) is 2.48. The molecule has 1 aromatic rings. The van der Waals surface area contributed by atoms with Crippen molar-refractivity contribution in [1.29, 1.82) is 0 Å². The topological polar surface area (TPSA) is 61.0 Å². The van der Waals surface area contributed by atoms with Crippen LogP contribution in [0.5, 0.6) is 0 Å². The van der Waals surface area contributed by atoms with E-state index in [0.29, 0.717) is 16.5 Å². The molecule has 0 radical (unpaired) electrons. The van der Waals surface area contributed by atoms with Crippen molar-refractivity contribution in [3.8, 4) is 0 Å². The van der Waals surface area contributed by atoms with E-state index < -0.39 is 11.0 Å².